The first-order valence-corrected chi connectivity index (χ1v) is 7.72. The first-order valence-electron chi connectivity index (χ1n) is 6.78. The second-order valence-electron chi connectivity index (χ2n) is 4.76. The molecule has 1 aromatic heterocycles. The van der Waals surface area contributed by atoms with Crippen molar-refractivity contribution in [2.24, 2.45) is 0 Å². The summed E-state index contributed by atoms with van der Waals surface area (Å²) in [5.41, 5.74) is 3.00. The molecule has 4 heteroatoms. The molecule has 0 aliphatic heterocycles. The zero-order valence-electron chi connectivity index (χ0n) is 11.8. The molecule has 1 aromatic carbocycles. The van der Waals surface area contributed by atoms with Crippen LogP contribution in [0, 0.1) is 0 Å². The van der Waals surface area contributed by atoms with Crippen LogP contribution in [-0.2, 0) is 6.42 Å². The van der Waals surface area contributed by atoms with Gasteiger partial charge in [0.25, 0.3) is 5.91 Å². The Labute approximate surface area is 124 Å². The quantitative estimate of drug-likeness (QED) is 0.858. The molecule has 2 rings (SSSR count). The van der Waals surface area contributed by atoms with Crippen LogP contribution in [0.3, 0.4) is 0 Å². The number of nitrogens with one attached hydrogen (secondary N) is 2. The molecule has 0 saturated carbocycles. The molecule has 2 aromatic rings. The standard InChI is InChI=1S/C16H20N2OS/c1-12(14-8-10-20-11-14)18-16(19)15-6-4-3-5-13(15)7-9-17-2/h3-6,8,10-12,17H,7,9H2,1-2H3,(H,18,19). The molecule has 0 aliphatic carbocycles. The topological polar surface area (TPSA) is 41.1 Å². The highest BCUT2D eigenvalue weighted by Gasteiger charge is 2.14. The summed E-state index contributed by atoms with van der Waals surface area (Å²) in [5, 5.41) is 10.3. The number of carbonyl (C=O) groups excluding carboxylic acids is 1. The van der Waals surface area contributed by atoms with Crippen LogP contribution in [0.1, 0.15) is 34.5 Å². The Kier molecular flexibility index (Phi) is 5.32. The first-order chi connectivity index (χ1) is 9.72. The molecular formula is C16H20N2OS. The largest absolute Gasteiger partial charge is 0.345 e. The van der Waals surface area contributed by atoms with E-state index >= 15 is 0 Å². The van der Waals surface area contributed by atoms with Gasteiger partial charge in [0.15, 0.2) is 0 Å². The summed E-state index contributed by atoms with van der Waals surface area (Å²) in [7, 11) is 1.92. The lowest BCUT2D eigenvalue weighted by Gasteiger charge is -2.15. The number of thiophene rings is 1. The Morgan fingerprint density at radius 2 is 2.10 bits per heavy atom. The van der Waals surface area contributed by atoms with Crippen LogP contribution in [0.25, 0.3) is 0 Å². The van der Waals surface area contributed by atoms with Crippen molar-refractivity contribution in [2.75, 3.05) is 13.6 Å². The molecule has 20 heavy (non-hydrogen) atoms. The van der Waals surface area contributed by atoms with E-state index in [0.717, 1.165) is 29.7 Å². The highest BCUT2D eigenvalue weighted by Crippen LogP contribution is 2.17. The van der Waals surface area contributed by atoms with Gasteiger partial charge in [-0.05, 0) is 61.0 Å². The normalized spacial score (nSPS) is 12.1. The zero-order valence-corrected chi connectivity index (χ0v) is 12.7. The van der Waals surface area contributed by atoms with Crippen LogP contribution in [-0.4, -0.2) is 19.5 Å². The van der Waals surface area contributed by atoms with Crippen LogP contribution in [0.15, 0.2) is 41.1 Å². The summed E-state index contributed by atoms with van der Waals surface area (Å²) < 4.78 is 0. The molecule has 1 amide bonds. The van der Waals surface area contributed by atoms with Crippen LogP contribution in [0.4, 0.5) is 0 Å². The van der Waals surface area contributed by atoms with Crippen molar-refractivity contribution in [3.8, 4) is 0 Å². The Morgan fingerprint density at radius 3 is 2.80 bits per heavy atom. The fourth-order valence-corrected chi connectivity index (χ4v) is 2.85. The van der Waals surface area contributed by atoms with E-state index in [2.05, 4.69) is 16.0 Å². The molecule has 0 spiro atoms. The number of rotatable bonds is 6. The molecule has 0 fully saturated rings. The Balaban J connectivity index is 2.09. The number of hydrogen-bond donors (Lipinski definition) is 2. The minimum Gasteiger partial charge on any atom is -0.345 e. The van der Waals surface area contributed by atoms with Crippen molar-refractivity contribution < 1.29 is 4.79 Å². The monoisotopic (exact) mass is 288 g/mol. The summed E-state index contributed by atoms with van der Waals surface area (Å²) in [6.07, 6.45) is 0.854. The van der Waals surface area contributed by atoms with Crippen molar-refractivity contribution in [2.45, 2.75) is 19.4 Å². The van der Waals surface area contributed by atoms with Gasteiger partial charge in [-0.2, -0.15) is 11.3 Å². The molecular weight excluding hydrogens is 268 g/mol. The molecule has 3 nitrogen and oxygen atoms in total. The number of hydrogen-bond acceptors (Lipinski definition) is 3. The number of amides is 1. The van der Waals surface area contributed by atoms with Gasteiger partial charge in [-0.3, -0.25) is 4.79 Å². The van der Waals surface area contributed by atoms with E-state index in [1.807, 2.05) is 49.7 Å². The molecule has 1 atom stereocenters. The third-order valence-electron chi connectivity index (χ3n) is 3.30. The van der Waals surface area contributed by atoms with E-state index in [9.17, 15) is 4.79 Å². The Bertz CT molecular complexity index is 551. The maximum atomic E-state index is 12.4. The van der Waals surface area contributed by atoms with Gasteiger partial charge in [0.2, 0.25) is 0 Å². The van der Waals surface area contributed by atoms with Crippen molar-refractivity contribution in [1.82, 2.24) is 10.6 Å². The smallest absolute Gasteiger partial charge is 0.252 e. The third kappa shape index (κ3) is 3.68. The minimum absolute atomic E-state index is 0.00426. The second-order valence-corrected chi connectivity index (χ2v) is 5.54. The SMILES string of the molecule is CNCCc1ccccc1C(=O)NC(C)c1ccsc1. The number of carbonyl (C=O) groups is 1. The molecule has 1 heterocycles. The average molecular weight is 288 g/mol. The van der Waals surface area contributed by atoms with E-state index in [1.165, 1.54) is 0 Å². The van der Waals surface area contributed by atoms with Gasteiger partial charge in [-0.1, -0.05) is 18.2 Å². The molecule has 0 saturated heterocycles. The first kappa shape index (κ1) is 14.8. The van der Waals surface area contributed by atoms with Crippen LogP contribution in [0.2, 0.25) is 0 Å². The van der Waals surface area contributed by atoms with Gasteiger partial charge in [0.05, 0.1) is 6.04 Å². The summed E-state index contributed by atoms with van der Waals surface area (Å²) in [6, 6.07) is 9.87. The van der Waals surface area contributed by atoms with E-state index in [0.29, 0.717) is 0 Å². The van der Waals surface area contributed by atoms with Crippen LogP contribution >= 0.6 is 11.3 Å². The number of likely N-dealkylation sites (N-methyl/N-ethyl adjacent to an activating group) is 1. The fourth-order valence-electron chi connectivity index (χ4n) is 2.10. The minimum atomic E-state index is -0.00426. The molecule has 0 bridgehead atoms. The van der Waals surface area contributed by atoms with Crippen molar-refractivity contribution >= 4 is 17.2 Å². The van der Waals surface area contributed by atoms with Crippen molar-refractivity contribution in [3.05, 3.63) is 57.8 Å². The highest BCUT2D eigenvalue weighted by molar-refractivity contribution is 7.07. The highest BCUT2D eigenvalue weighted by atomic mass is 32.1. The zero-order chi connectivity index (χ0) is 14.4. The van der Waals surface area contributed by atoms with Gasteiger partial charge in [0, 0.05) is 5.56 Å². The summed E-state index contributed by atoms with van der Waals surface area (Å²) in [6.45, 7) is 2.88. The van der Waals surface area contributed by atoms with Gasteiger partial charge in [0.1, 0.15) is 0 Å². The maximum absolute atomic E-state index is 12.4. The number of benzene rings is 1. The van der Waals surface area contributed by atoms with Crippen LogP contribution < -0.4 is 10.6 Å². The molecule has 106 valence electrons. The lowest BCUT2D eigenvalue weighted by molar-refractivity contribution is 0.0939. The fraction of sp³-hybridized carbons (Fsp3) is 0.312. The maximum Gasteiger partial charge on any atom is 0.252 e. The van der Waals surface area contributed by atoms with Gasteiger partial charge < -0.3 is 10.6 Å². The predicted octanol–water partition coefficient (Wildman–Crippen LogP) is 3.00. The van der Waals surface area contributed by atoms with Gasteiger partial charge >= 0.3 is 0 Å². The lowest BCUT2D eigenvalue weighted by Crippen LogP contribution is -2.27. The summed E-state index contributed by atoms with van der Waals surface area (Å²) in [4.78, 5) is 12.4. The Hall–Kier alpha value is -1.65. The Morgan fingerprint density at radius 1 is 1.30 bits per heavy atom. The average Bonchev–Trinajstić information content (AvgIpc) is 2.99. The van der Waals surface area contributed by atoms with E-state index in [-0.39, 0.29) is 11.9 Å². The molecule has 0 radical (unpaired) electrons. The molecule has 2 N–H and O–H groups in total. The lowest BCUT2D eigenvalue weighted by atomic mass is 10.0. The summed E-state index contributed by atoms with van der Waals surface area (Å²) in [5.74, 6) is -0.00426. The third-order valence-corrected chi connectivity index (χ3v) is 4.00. The van der Waals surface area contributed by atoms with Gasteiger partial charge in [-0.15, -0.1) is 0 Å². The second kappa shape index (κ2) is 7.22. The summed E-state index contributed by atoms with van der Waals surface area (Å²) >= 11 is 1.65. The molecule has 1 unspecified atom stereocenters. The van der Waals surface area contributed by atoms with E-state index in [1.54, 1.807) is 11.3 Å². The van der Waals surface area contributed by atoms with Crippen molar-refractivity contribution in [1.29, 1.82) is 0 Å². The van der Waals surface area contributed by atoms with E-state index in [4.69, 9.17) is 0 Å². The van der Waals surface area contributed by atoms with E-state index < -0.39 is 0 Å². The predicted molar refractivity (Wildman–Crippen MR) is 84.3 cm³/mol. The molecule has 0 aliphatic rings. The van der Waals surface area contributed by atoms with Crippen LogP contribution in [0.5, 0.6) is 0 Å². The van der Waals surface area contributed by atoms with Gasteiger partial charge in [-0.25, -0.2) is 0 Å². The van der Waals surface area contributed by atoms with Crippen molar-refractivity contribution in [3.63, 3.8) is 0 Å².